The number of carbonyl (C=O) groups is 4. The number of aliphatic hydroxyl groups excluding tert-OH is 1. The van der Waals surface area contributed by atoms with Crippen LogP contribution in [0.15, 0.2) is 18.2 Å². The summed E-state index contributed by atoms with van der Waals surface area (Å²) in [4.78, 5) is 53.2. The third-order valence-electron chi connectivity index (χ3n) is 7.55. The largest absolute Gasteiger partial charge is 0.394 e. The van der Waals surface area contributed by atoms with E-state index in [0.29, 0.717) is 23.6 Å². The Morgan fingerprint density at radius 3 is 2.42 bits per heavy atom. The minimum atomic E-state index is -0.961. The Morgan fingerprint density at radius 1 is 1.03 bits per heavy atom. The van der Waals surface area contributed by atoms with Gasteiger partial charge in [0.05, 0.1) is 17.7 Å². The average molecular weight is 455 g/mol. The molecule has 1 saturated carbocycles. The number of imide groups is 2. The highest BCUT2D eigenvalue weighted by molar-refractivity contribution is 6.23. The fourth-order valence-corrected chi connectivity index (χ4v) is 5.34. The first kappa shape index (κ1) is 22.2. The minimum Gasteiger partial charge on any atom is -0.394 e. The lowest BCUT2D eigenvalue weighted by Crippen LogP contribution is -2.57. The molecule has 5 rings (SSSR count). The van der Waals surface area contributed by atoms with Crippen molar-refractivity contribution in [3.63, 3.8) is 0 Å². The van der Waals surface area contributed by atoms with Crippen molar-refractivity contribution >= 4 is 23.6 Å². The van der Waals surface area contributed by atoms with Crippen molar-refractivity contribution in [3.05, 3.63) is 34.9 Å². The molecule has 2 saturated heterocycles. The zero-order chi connectivity index (χ0) is 23.2. The molecule has 1 aliphatic carbocycles. The van der Waals surface area contributed by atoms with Crippen molar-refractivity contribution in [2.45, 2.75) is 56.7 Å². The summed E-state index contributed by atoms with van der Waals surface area (Å²) >= 11 is 0. The van der Waals surface area contributed by atoms with Crippen LogP contribution in [0.2, 0.25) is 0 Å². The van der Waals surface area contributed by atoms with Gasteiger partial charge in [-0.15, -0.1) is 0 Å². The number of aliphatic hydroxyl groups is 1. The number of nitrogens with one attached hydrogen (secondary N) is 2. The third kappa shape index (κ3) is 4.09. The highest BCUT2D eigenvalue weighted by Gasteiger charge is 2.45. The molecule has 9 nitrogen and oxygen atoms in total. The first-order chi connectivity index (χ1) is 15.9. The van der Waals surface area contributed by atoms with Gasteiger partial charge in [0.25, 0.3) is 11.8 Å². The van der Waals surface area contributed by atoms with Crippen LogP contribution in [0.3, 0.4) is 0 Å². The molecule has 4 aliphatic rings. The van der Waals surface area contributed by atoms with Gasteiger partial charge in [-0.3, -0.25) is 34.3 Å². The molecule has 1 aromatic rings. The molecule has 1 unspecified atom stereocenters. The maximum atomic E-state index is 13.2. The molecule has 0 spiro atoms. The fourth-order valence-electron chi connectivity index (χ4n) is 5.34. The number of fused-ring (bicyclic) bond motifs is 1. The van der Waals surface area contributed by atoms with E-state index in [0.717, 1.165) is 42.9 Å². The number of nitrogens with zero attached hydrogens (tertiary/aromatic N) is 2. The highest BCUT2D eigenvalue weighted by Crippen LogP contribution is 2.36. The lowest BCUT2D eigenvalue weighted by molar-refractivity contribution is -0.136. The molecule has 1 atom stereocenters. The molecule has 3 fully saturated rings. The number of rotatable bonds is 7. The molecule has 1 aromatic carbocycles. The van der Waals surface area contributed by atoms with Gasteiger partial charge in [0.2, 0.25) is 11.8 Å². The van der Waals surface area contributed by atoms with Gasteiger partial charge in [0, 0.05) is 25.0 Å². The van der Waals surface area contributed by atoms with E-state index in [-0.39, 0.29) is 30.9 Å². The van der Waals surface area contributed by atoms with Crippen molar-refractivity contribution in [2.75, 3.05) is 26.2 Å². The summed E-state index contributed by atoms with van der Waals surface area (Å²) in [7, 11) is 0. The molecule has 3 N–H and O–H groups in total. The maximum Gasteiger partial charge on any atom is 0.262 e. The summed E-state index contributed by atoms with van der Waals surface area (Å²) in [6.07, 6.45) is 4.38. The lowest BCUT2D eigenvalue weighted by Gasteiger charge is -2.46. The van der Waals surface area contributed by atoms with Crippen LogP contribution in [-0.2, 0) is 16.1 Å². The van der Waals surface area contributed by atoms with Gasteiger partial charge in [-0.05, 0) is 68.8 Å². The van der Waals surface area contributed by atoms with Crippen molar-refractivity contribution < 1.29 is 24.3 Å². The van der Waals surface area contributed by atoms with Gasteiger partial charge in [0.15, 0.2) is 0 Å². The molecular weight excluding hydrogens is 424 g/mol. The van der Waals surface area contributed by atoms with E-state index in [9.17, 15) is 24.3 Å². The Kier molecular flexibility index (Phi) is 5.80. The number of piperidine rings is 2. The van der Waals surface area contributed by atoms with Crippen molar-refractivity contribution in [2.24, 2.45) is 5.92 Å². The van der Waals surface area contributed by atoms with Crippen LogP contribution < -0.4 is 10.6 Å². The fraction of sp³-hybridized carbons (Fsp3) is 0.583. The van der Waals surface area contributed by atoms with E-state index in [1.807, 2.05) is 6.07 Å². The summed E-state index contributed by atoms with van der Waals surface area (Å²) in [5.74, 6) is -1.33. The topological polar surface area (TPSA) is 119 Å². The summed E-state index contributed by atoms with van der Waals surface area (Å²) in [5.41, 5.74) is 1.22. The van der Waals surface area contributed by atoms with Crippen LogP contribution in [-0.4, -0.2) is 76.4 Å². The molecule has 176 valence electrons. The molecule has 9 heteroatoms. The van der Waals surface area contributed by atoms with Crippen LogP contribution >= 0.6 is 0 Å². The van der Waals surface area contributed by atoms with Gasteiger partial charge in [0.1, 0.15) is 6.04 Å². The van der Waals surface area contributed by atoms with Crippen molar-refractivity contribution in [1.29, 1.82) is 0 Å². The van der Waals surface area contributed by atoms with E-state index in [1.165, 1.54) is 12.8 Å². The van der Waals surface area contributed by atoms with Crippen molar-refractivity contribution in [1.82, 2.24) is 20.4 Å². The highest BCUT2D eigenvalue weighted by atomic mass is 16.3. The monoisotopic (exact) mass is 454 g/mol. The molecule has 3 aliphatic heterocycles. The molecule has 0 bridgehead atoms. The Hall–Kier alpha value is -2.62. The number of hydrogen-bond donors (Lipinski definition) is 3. The molecule has 0 radical (unpaired) electrons. The zero-order valence-corrected chi connectivity index (χ0v) is 18.6. The molecule has 33 heavy (non-hydrogen) atoms. The Balaban J connectivity index is 1.39. The smallest absolute Gasteiger partial charge is 0.262 e. The van der Waals surface area contributed by atoms with Crippen molar-refractivity contribution in [3.8, 4) is 0 Å². The summed E-state index contributed by atoms with van der Waals surface area (Å²) in [6, 6.07) is 4.33. The van der Waals surface area contributed by atoms with E-state index in [4.69, 9.17) is 0 Å². The van der Waals surface area contributed by atoms with Crippen LogP contribution in [0.5, 0.6) is 0 Å². The summed E-state index contributed by atoms with van der Waals surface area (Å²) < 4.78 is 0. The average Bonchev–Trinajstić information content (AvgIpc) is 3.60. The van der Waals surface area contributed by atoms with Gasteiger partial charge in [-0.2, -0.15) is 0 Å². The van der Waals surface area contributed by atoms with Gasteiger partial charge < -0.3 is 10.4 Å². The number of hydrogen-bond acceptors (Lipinski definition) is 7. The van der Waals surface area contributed by atoms with Crippen LogP contribution in [0.4, 0.5) is 0 Å². The third-order valence-corrected chi connectivity index (χ3v) is 7.55. The Morgan fingerprint density at radius 2 is 1.76 bits per heavy atom. The maximum absolute atomic E-state index is 13.2. The minimum absolute atomic E-state index is 0.0903. The Labute approximate surface area is 192 Å². The second-order valence-electron chi connectivity index (χ2n) is 9.78. The normalized spacial score (nSPS) is 24.9. The van der Waals surface area contributed by atoms with Gasteiger partial charge in [-0.25, -0.2) is 0 Å². The van der Waals surface area contributed by atoms with Crippen LogP contribution in [0, 0.1) is 5.92 Å². The molecule has 0 aromatic heterocycles. The summed E-state index contributed by atoms with van der Waals surface area (Å²) in [5, 5.41) is 15.9. The first-order valence-corrected chi connectivity index (χ1v) is 11.8. The SMILES string of the molecule is O=C1CCC(N2C(=O)c3ccc(CN(CC4CC4)C4(CO)CCNCC4)cc3C2=O)C(=O)N1. The van der Waals surface area contributed by atoms with Crippen LogP contribution in [0.1, 0.15) is 64.8 Å². The number of benzene rings is 1. The van der Waals surface area contributed by atoms with Gasteiger partial charge in [-0.1, -0.05) is 6.07 Å². The first-order valence-electron chi connectivity index (χ1n) is 11.8. The van der Waals surface area contributed by atoms with E-state index >= 15 is 0 Å². The zero-order valence-electron chi connectivity index (χ0n) is 18.6. The molecular formula is C24H30N4O5. The number of carbonyl (C=O) groups excluding carboxylic acids is 4. The molecule has 3 heterocycles. The van der Waals surface area contributed by atoms with E-state index in [2.05, 4.69) is 15.5 Å². The quantitative estimate of drug-likeness (QED) is 0.511. The van der Waals surface area contributed by atoms with Crippen LogP contribution in [0.25, 0.3) is 0 Å². The predicted octanol–water partition coefficient (Wildman–Crippen LogP) is 0.414. The lowest BCUT2D eigenvalue weighted by atomic mass is 9.86. The standard InChI is InChI=1S/C24H30N4O5/c29-14-24(7-9-25-10-8-24)27(12-15-1-2-15)13-16-3-4-17-18(11-16)23(33)28(22(17)32)19-5-6-20(30)26-21(19)31/h3-4,11,15,19,25,29H,1-2,5-10,12-14H2,(H,26,30,31). The number of amides is 4. The Bertz CT molecular complexity index is 999. The van der Waals surface area contributed by atoms with E-state index in [1.54, 1.807) is 12.1 Å². The molecule has 4 amide bonds. The predicted molar refractivity (Wildman–Crippen MR) is 118 cm³/mol. The second-order valence-corrected chi connectivity index (χ2v) is 9.78. The van der Waals surface area contributed by atoms with E-state index < -0.39 is 23.8 Å². The summed E-state index contributed by atoms with van der Waals surface area (Å²) in [6.45, 7) is 3.31. The van der Waals surface area contributed by atoms with Gasteiger partial charge >= 0.3 is 0 Å². The second kappa shape index (κ2) is 8.62.